The Labute approximate surface area is 172 Å². The van der Waals surface area contributed by atoms with E-state index in [9.17, 15) is 9.59 Å². The molecule has 3 N–H and O–H groups in total. The van der Waals surface area contributed by atoms with Crippen molar-refractivity contribution < 1.29 is 14.7 Å². The molecule has 0 aliphatic carbocycles. The number of benzene rings is 2. The molecule has 2 amide bonds. The third kappa shape index (κ3) is 9.70. The second kappa shape index (κ2) is 12.0. The van der Waals surface area contributed by atoms with Crippen LogP contribution in [-0.2, 0) is 4.79 Å². The van der Waals surface area contributed by atoms with Crippen molar-refractivity contribution in [3.8, 4) is 0 Å². The SMILES string of the molecule is CC=CC=CC(=O)O.O=C(Nc1ccc(Cl)cc1)Nc1ccc(Cl)c(Cl)c1. The number of hydrogen-bond acceptors (Lipinski definition) is 2. The minimum atomic E-state index is -0.914. The molecule has 8 heteroatoms. The zero-order valence-corrected chi connectivity index (χ0v) is 16.5. The van der Waals surface area contributed by atoms with Crippen molar-refractivity contribution in [1.29, 1.82) is 0 Å². The molecule has 0 unspecified atom stereocenters. The summed E-state index contributed by atoms with van der Waals surface area (Å²) in [6.45, 7) is 1.83. The van der Waals surface area contributed by atoms with E-state index in [-0.39, 0.29) is 6.03 Å². The Morgan fingerprint density at radius 1 is 0.889 bits per heavy atom. The Balaban J connectivity index is 0.000000387. The summed E-state index contributed by atoms with van der Waals surface area (Å²) in [7, 11) is 0. The van der Waals surface area contributed by atoms with Gasteiger partial charge in [0, 0.05) is 22.5 Å². The lowest BCUT2D eigenvalue weighted by molar-refractivity contribution is -0.131. The zero-order chi connectivity index (χ0) is 20.2. The van der Waals surface area contributed by atoms with Crippen LogP contribution in [0.25, 0.3) is 0 Å². The van der Waals surface area contributed by atoms with Crippen LogP contribution < -0.4 is 10.6 Å². The van der Waals surface area contributed by atoms with Crippen molar-refractivity contribution in [2.75, 3.05) is 10.6 Å². The van der Waals surface area contributed by atoms with E-state index in [0.717, 1.165) is 6.08 Å². The van der Waals surface area contributed by atoms with Gasteiger partial charge in [0.1, 0.15) is 0 Å². The molecule has 27 heavy (non-hydrogen) atoms. The minimum Gasteiger partial charge on any atom is -0.478 e. The van der Waals surface area contributed by atoms with Crippen molar-refractivity contribution in [1.82, 2.24) is 0 Å². The standard InChI is InChI=1S/C13H9Cl3N2O.C6H8O2/c14-8-1-3-9(4-2-8)17-13(19)18-10-5-6-11(15)12(16)7-10;1-2-3-4-5-6(7)8/h1-7H,(H2,17,18,19);2-5H,1H3,(H,7,8). The van der Waals surface area contributed by atoms with E-state index in [1.54, 1.807) is 54.6 Å². The number of carboxylic acids is 1. The molecule has 0 heterocycles. The molecule has 5 nitrogen and oxygen atoms in total. The van der Waals surface area contributed by atoms with Crippen LogP contribution in [0.2, 0.25) is 15.1 Å². The maximum Gasteiger partial charge on any atom is 0.328 e. The monoisotopic (exact) mass is 426 g/mol. The van der Waals surface area contributed by atoms with Crippen LogP contribution in [0, 0.1) is 0 Å². The van der Waals surface area contributed by atoms with Gasteiger partial charge >= 0.3 is 12.0 Å². The van der Waals surface area contributed by atoms with Crippen molar-refractivity contribution in [2.45, 2.75) is 6.92 Å². The van der Waals surface area contributed by atoms with E-state index >= 15 is 0 Å². The summed E-state index contributed by atoms with van der Waals surface area (Å²) in [6.07, 6.45) is 5.98. The smallest absolute Gasteiger partial charge is 0.328 e. The van der Waals surface area contributed by atoms with Crippen molar-refractivity contribution in [3.05, 3.63) is 81.8 Å². The quantitative estimate of drug-likeness (QED) is 0.385. The second-order valence-electron chi connectivity index (χ2n) is 4.94. The number of nitrogens with one attached hydrogen (secondary N) is 2. The fraction of sp³-hybridized carbons (Fsp3) is 0.0526. The van der Waals surface area contributed by atoms with Gasteiger partial charge in [-0.1, -0.05) is 53.0 Å². The largest absolute Gasteiger partial charge is 0.478 e. The average molecular weight is 428 g/mol. The fourth-order valence-electron chi connectivity index (χ4n) is 1.65. The molecule has 0 radical (unpaired) electrons. The Morgan fingerprint density at radius 3 is 2.04 bits per heavy atom. The topological polar surface area (TPSA) is 78.4 Å². The summed E-state index contributed by atoms with van der Waals surface area (Å²) < 4.78 is 0. The van der Waals surface area contributed by atoms with Crippen LogP contribution >= 0.6 is 34.8 Å². The predicted octanol–water partition coefficient (Wildman–Crippen LogP) is 6.49. The molecule has 0 saturated heterocycles. The highest BCUT2D eigenvalue weighted by molar-refractivity contribution is 6.42. The first-order valence-electron chi connectivity index (χ1n) is 7.62. The third-order valence-corrected chi connectivity index (χ3v) is 3.81. The number of aliphatic carboxylic acids is 1. The molecule has 0 aromatic heterocycles. The van der Waals surface area contributed by atoms with Gasteiger partial charge in [-0.05, 0) is 49.4 Å². The van der Waals surface area contributed by atoms with Crippen LogP contribution in [-0.4, -0.2) is 17.1 Å². The van der Waals surface area contributed by atoms with E-state index in [1.165, 1.54) is 6.08 Å². The molecule has 0 atom stereocenters. The van der Waals surface area contributed by atoms with Crippen LogP contribution in [0.3, 0.4) is 0 Å². The highest BCUT2D eigenvalue weighted by Crippen LogP contribution is 2.25. The molecule has 2 rings (SSSR count). The molecule has 0 aliphatic rings. The first-order valence-corrected chi connectivity index (χ1v) is 8.76. The molecule has 2 aromatic rings. The number of carbonyl (C=O) groups is 2. The van der Waals surface area contributed by atoms with Crippen LogP contribution in [0.4, 0.5) is 16.2 Å². The highest BCUT2D eigenvalue weighted by Gasteiger charge is 2.04. The van der Waals surface area contributed by atoms with Crippen LogP contribution in [0.1, 0.15) is 6.92 Å². The molecular weight excluding hydrogens is 411 g/mol. The van der Waals surface area contributed by atoms with E-state index in [0.29, 0.717) is 26.4 Å². The number of allylic oxidation sites excluding steroid dienone is 3. The molecular formula is C19H17Cl3N2O3. The van der Waals surface area contributed by atoms with Crippen LogP contribution in [0.15, 0.2) is 66.8 Å². The lowest BCUT2D eigenvalue weighted by atomic mass is 10.3. The number of carbonyl (C=O) groups excluding carboxylic acids is 1. The zero-order valence-electron chi connectivity index (χ0n) is 14.2. The van der Waals surface area contributed by atoms with Crippen molar-refractivity contribution >= 4 is 58.2 Å². The number of hydrogen-bond donors (Lipinski definition) is 3. The molecule has 2 aromatic carbocycles. The van der Waals surface area contributed by atoms with E-state index in [1.807, 2.05) is 6.92 Å². The van der Waals surface area contributed by atoms with Gasteiger partial charge < -0.3 is 15.7 Å². The number of rotatable bonds is 4. The summed E-state index contributed by atoms with van der Waals surface area (Å²) >= 11 is 17.4. The van der Waals surface area contributed by atoms with Gasteiger partial charge in [0.05, 0.1) is 10.0 Å². The number of halogens is 3. The molecule has 0 aliphatic heterocycles. The summed E-state index contributed by atoms with van der Waals surface area (Å²) in [5, 5.41) is 14.8. The summed E-state index contributed by atoms with van der Waals surface area (Å²) in [6, 6.07) is 11.3. The molecule has 142 valence electrons. The molecule has 0 fully saturated rings. The summed E-state index contributed by atoms with van der Waals surface area (Å²) in [4.78, 5) is 21.5. The van der Waals surface area contributed by atoms with E-state index in [2.05, 4.69) is 10.6 Å². The number of carboxylic acid groups (broad SMARTS) is 1. The summed E-state index contributed by atoms with van der Waals surface area (Å²) in [5.41, 5.74) is 1.20. The molecule has 0 spiro atoms. The van der Waals surface area contributed by atoms with Gasteiger partial charge in [0.2, 0.25) is 0 Å². The number of anilines is 2. The highest BCUT2D eigenvalue weighted by atomic mass is 35.5. The normalized spacial score (nSPS) is 10.4. The van der Waals surface area contributed by atoms with Crippen molar-refractivity contribution in [3.63, 3.8) is 0 Å². The van der Waals surface area contributed by atoms with E-state index < -0.39 is 5.97 Å². The average Bonchev–Trinajstić information content (AvgIpc) is 2.61. The van der Waals surface area contributed by atoms with Crippen LogP contribution in [0.5, 0.6) is 0 Å². The Morgan fingerprint density at radius 2 is 1.48 bits per heavy atom. The Hall–Kier alpha value is -2.47. The first kappa shape index (κ1) is 22.6. The lowest BCUT2D eigenvalue weighted by Crippen LogP contribution is -2.19. The maximum absolute atomic E-state index is 11.7. The molecule has 0 bridgehead atoms. The van der Waals surface area contributed by atoms with Crippen molar-refractivity contribution in [2.24, 2.45) is 0 Å². The van der Waals surface area contributed by atoms with Gasteiger partial charge in [0.25, 0.3) is 0 Å². The Kier molecular flexibility index (Phi) is 10.0. The van der Waals surface area contributed by atoms with Gasteiger partial charge in [-0.2, -0.15) is 0 Å². The predicted molar refractivity (Wildman–Crippen MR) is 112 cm³/mol. The van der Waals surface area contributed by atoms with Gasteiger partial charge in [-0.3, -0.25) is 0 Å². The first-order chi connectivity index (χ1) is 12.8. The number of urea groups is 1. The minimum absolute atomic E-state index is 0.374. The van der Waals surface area contributed by atoms with Gasteiger partial charge in [-0.15, -0.1) is 0 Å². The number of amides is 2. The Bertz CT molecular complexity index is 835. The van der Waals surface area contributed by atoms with Gasteiger partial charge in [-0.25, -0.2) is 9.59 Å². The fourth-order valence-corrected chi connectivity index (χ4v) is 2.07. The second-order valence-corrected chi connectivity index (χ2v) is 6.19. The summed E-state index contributed by atoms with van der Waals surface area (Å²) in [5.74, 6) is -0.914. The lowest BCUT2D eigenvalue weighted by Gasteiger charge is -2.08. The van der Waals surface area contributed by atoms with Gasteiger partial charge in [0.15, 0.2) is 0 Å². The third-order valence-electron chi connectivity index (χ3n) is 2.82. The molecule has 0 saturated carbocycles. The maximum atomic E-state index is 11.7. The van der Waals surface area contributed by atoms with E-state index in [4.69, 9.17) is 39.9 Å².